The lowest BCUT2D eigenvalue weighted by atomic mass is 10.1. The van der Waals surface area contributed by atoms with Crippen LogP contribution in [0.1, 0.15) is 34.7 Å². The number of benzene rings is 1. The Bertz CT molecular complexity index is 662. The standard InChI is InChI=1S/C21H28N2O2S.2ClH/c1-2-25-20(18-7-4-3-5-8-18)17-23-14-12-22(13-15-23)11-10-19(24)21-9-6-16-26-21;;/h3-9,16,20H,2,10-15,17H2,1H3;2*1H. The molecule has 0 spiro atoms. The van der Waals surface area contributed by atoms with E-state index in [-0.39, 0.29) is 36.7 Å². The average Bonchev–Trinajstić information content (AvgIpc) is 3.22. The van der Waals surface area contributed by atoms with Crippen LogP contribution in [-0.4, -0.2) is 61.5 Å². The van der Waals surface area contributed by atoms with Crippen molar-refractivity contribution in [1.29, 1.82) is 0 Å². The number of piperazine rings is 1. The van der Waals surface area contributed by atoms with Crippen LogP contribution in [0.15, 0.2) is 47.8 Å². The lowest BCUT2D eigenvalue weighted by Gasteiger charge is -2.36. The van der Waals surface area contributed by atoms with Crippen LogP contribution in [-0.2, 0) is 4.74 Å². The molecule has 0 radical (unpaired) electrons. The van der Waals surface area contributed by atoms with Gasteiger partial charge in [0, 0.05) is 52.3 Å². The summed E-state index contributed by atoms with van der Waals surface area (Å²) < 4.78 is 5.98. The van der Waals surface area contributed by atoms with Gasteiger partial charge in [0.1, 0.15) is 0 Å². The maximum atomic E-state index is 12.1. The first-order chi connectivity index (χ1) is 12.8. The Hall–Kier alpha value is -0.950. The number of hydrogen-bond acceptors (Lipinski definition) is 5. The molecule has 28 heavy (non-hydrogen) atoms. The van der Waals surface area contributed by atoms with Crippen molar-refractivity contribution < 1.29 is 9.53 Å². The van der Waals surface area contributed by atoms with Crippen LogP contribution in [0.3, 0.4) is 0 Å². The van der Waals surface area contributed by atoms with Crippen LogP contribution in [0.5, 0.6) is 0 Å². The van der Waals surface area contributed by atoms with Gasteiger partial charge in [-0.3, -0.25) is 9.69 Å². The zero-order valence-corrected chi connectivity index (χ0v) is 18.7. The van der Waals surface area contributed by atoms with Crippen molar-refractivity contribution in [2.75, 3.05) is 45.9 Å². The Morgan fingerprint density at radius 3 is 2.32 bits per heavy atom. The monoisotopic (exact) mass is 444 g/mol. The summed E-state index contributed by atoms with van der Waals surface area (Å²) >= 11 is 1.54. The number of rotatable bonds is 9. The normalized spacial score (nSPS) is 16.0. The smallest absolute Gasteiger partial charge is 0.174 e. The number of ketones is 1. The molecule has 2 aromatic rings. The van der Waals surface area contributed by atoms with E-state index < -0.39 is 0 Å². The zero-order valence-electron chi connectivity index (χ0n) is 16.3. The SMILES string of the molecule is CCOC(CN1CCN(CCC(=O)c2cccs2)CC1)c1ccccc1.Cl.Cl. The lowest BCUT2D eigenvalue weighted by molar-refractivity contribution is 0.0183. The van der Waals surface area contributed by atoms with Gasteiger partial charge in [0.05, 0.1) is 11.0 Å². The van der Waals surface area contributed by atoms with E-state index in [9.17, 15) is 4.79 Å². The lowest BCUT2D eigenvalue weighted by Crippen LogP contribution is -2.48. The minimum atomic E-state index is 0. The molecule has 1 atom stereocenters. The number of carbonyl (C=O) groups is 1. The van der Waals surface area contributed by atoms with Gasteiger partial charge in [0.25, 0.3) is 0 Å². The molecule has 2 heterocycles. The van der Waals surface area contributed by atoms with E-state index in [0.29, 0.717) is 6.42 Å². The average molecular weight is 445 g/mol. The second-order valence-electron chi connectivity index (χ2n) is 6.65. The van der Waals surface area contributed by atoms with E-state index in [1.807, 2.05) is 23.6 Å². The third kappa shape index (κ3) is 7.47. The second kappa shape index (κ2) is 13.3. The van der Waals surface area contributed by atoms with E-state index in [1.165, 1.54) is 16.9 Å². The first-order valence-corrected chi connectivity index (χ1v) is 10.3. The molecule has 7 heteroatoms. The van der Waals surface area contributed by atoms with Gasteiger partial charge < -0.3 is 9.64 Å². The topological polar surface area (TPSA) is 32.8 Å². The first-order valence-electron chi connectivity index (χ1n) is 9.44. The van der Waals surface area contributed by atoms with Gasteiger partial charge in [0.2, 0.25) is 0 Å². The fraction of sp³-hybridized carbons (Fsp3) is 0.476. The van der Waals surface area contributed by atoms with Crippen molar-refractivity contribution in [3.8, 4) is 0 Å². The molecule has 3 rings (SSSR count). The van der Waals surface area contributed by atoms with Crippen LogP contribution in [0.25, 0.3) is 0 Å². The minimum Gasteiger partial charge on any atom is -0.372 e. The van der Waals surface area contributed by atoms with E-state index in [1.54, 1.807) is 0 Å². The van der Waals surface area contributed by atoms with E-state index in [4.69, 9.17) is 4.74 Å². The largest absolute Gasteiger partial charge is 0.372 e. The maximum Gasteiger partial charge on any atom is 0.174 e. The molecule has 1 aromatic heterocycles. The molecule has 0 saturated carbocycles. The fourth-order valence-electron chi connectivity index (χ4n) is 3.37. The molecule has 1 aromatic carbocycles. The van der Waals surface area contributed by atoms with Crippen molar-refractivity contribution in [2.45, 2.75) is 19.4 Å². The zero-order chi connectivity index (χ0) is 18.2. The number of hydrogen-bond donors (Lipinski definition) is 0. The van der Waals surface area contributed by atoms with Crippen molar-refractivity contribution >= 4 is 41.9 Å². The van der Waals surface area contributed by atoms with Gasteiger partial charge in [-0.05, 0) is 23.9 Å². The molecular weight excluding hydrogens is 415 g/mol. The fourth-order valence-corrected chi connectivity index (χ4v) is 4.07. The summed E-state index contributed by atoms with van der Waals surface area (Å²) in [6.07, 6.45) is 0.750. The Morgan fingerprint density at radius 1 is 1.04 bits per heavy atom. The van der Waals surface area contributed by atoms with E-state index in [0.717, 1.165) is 50.8 Å². The van der Waals surface area contributed by atoms with Crippen LogP contribution >= 0.6 is 36.2 Å². The van der Waals surface area contributed by atoms with Crippen LogP contribution in [0.2, 0.25) is 0 Å². The minimum absolute atomic E-state index is 0. The van der Waals surface area contributed by atoms with E-state index >= 15 is 0 Å². The number of halogens is 2. The highest BCUT2D eigenvalue weighted by atomic mass is 35.5. The Labute approximate surface area is 184 Å². The summed E-state index contributed by atoms with van der Waals surface area (Å²) in [5.74, 6) is 0.267. The van der Waals surface area contributed by atoms with Gasteiger partial charge >= 0.3 is 0 Å². The Balaban J connectivity index is 0.00000196. The highest BCUT2D eigenvalue weighted by Crippen LogP contribution is 2.19. The second-order valence-corrected chi connectivity index (χ2v) is 7.60. The molecule has 1 aliphatic heterocycles. The van der Waals surface area contributed by atoms with Crippen molar-refractivity contribution in [2.24, 2.45) is 0 Å². The number of ether oxygens (including phenoxy) is 1. The molecule has 1 aliphatic rings. The van der Waals surface area contributed by atoms with E-state index in [2.05, 4.69) is 41.0 Å². The molecule has 156 valence electrons. The third-order valence-corrected chi connectivity index (χ3v) is 5.79. The van der Waals surface area contributed by atoms with Crippen LogP contribution < -0.4 is 0 Å². The maximum absolute atomic E-state index is 12.1. The molecule has 0 amide bonds. The highest BCUT2D eigenvalue weighted by Gasteiger charge is 2.21. The predicted octanol–water partition coefficient (Wildman–Crippen LogP) is 4.56. The molecule has 4 nitrogen and oxygen atoms in total. The number of nitrogens with zero attached hydrogens (tertiary/aromatic N) is 2. The van der Waals surface area contributed by atoms with Gasteiger partial charge in [0.15, 0.2) is 5.78 Å². The van der Waals surface area contributed by atoms with Gasteiger partial charge in [-0.1, -0.05) is 36.4 Å². The molecule has 0 N–H and O–H groups in total. The third-order valence-electron chi connectivity index (χ3n) is 4.88. The molecule has 1 fully saturated rings. The van der Waals surface area contributed by atoms with Crippen molar-refractivity contribution in [1.82, 2.24) is 9.80 Å². The van der Waals surface area contributed by atoms with Crippen molar-refractivity contribution in [3.63, 3.8) is 0 Å². The molecule has 1 unspecified atom stereocenters. The van der Waals surface area contributed by atoms with Crippen molar-refractivity contribution in [3.05, 3.63) is 58.3 Å². The van der Waals surface area contributed by atoms with Crippen LogP contribution in [0.4, 0.5) is 0 Å². The molecule has 0 aliphatic carbocycles. The Morgan fingerprint density at radius 2 is 1.71 bits per heavy atom. The van der Waals surface area contributed by atoms with Gasteiger partial charge in [-0.25, -0.2) is 0 Å². The molecular formula is C21H30Cl2N2O2S. The summed E-state index contributed by atoms with van der Waals surface area (Å²) in [5.41, 5.74) is 1.25. The predicted molar refractivity (Wildman–Crippen MR) is 121 cm³/mol. The first kappa shape index (κ1) is 25.1. The summed E-state index contributed by atoms with van der Waals surface area (Å²) in [6, 6.07) is 14.3. The molecule has 0 bridgehead atoms. The summed E-state index contributed by atoms with van der Waals surface area (Å²) in [5, 5.41) is 1.97. The highest BCUT2D eigenvalue weighted by molar-refractivity contribution is 7.12. The van der Waals surface area contributed by atoms with Gasteiger partial charge in [-0.2, -0.15) is 0 Å². The summed E-state index contributed by atoms with van der Waals surface area (Å²) in [7, 11) is 0. The van der Waals surface area contributed by atoms with Gasteiger partial charge in [-0.15, -0.1) is 36.2 Å². The number of Topliss-reactive ketones (excluding diaryl/α,β-unsaturated/α-hetero) is 1. The summed E-state index contributed by atoms with van der Waals surface area (Å²) in [6.45, 7) is 8.67. The number of carbonyl (C=O) groups excluding carboxylic acids is 1. The summed E-state index contributed by atoms with van der Waals surface area (Å²) in [4.78, 5) is 17.9. The van der Waals surface area contributed by atoms with Crippen LogP contribution in [0, 0.1) is 0 Å². The number of thiophene rings is 1. The quantitative estimate of drug-likeness (QED) is 0.530. The molecule has 1 saturated heterocycles. The Kier molecular flexibility index (Phi) is 11.9.